The molecule has 5 heteroatoms. The second-order valence-corrected chi connectivity index (χ2v) is 4.11. The molecule has 0 saturated carbocycles. The molecule has 1 aromatic rings. The van der Waals surface area contributed by atoms with Crippen LogP contribution in [0.25, 0.3) is 0 Å². The first-order valence-electron chi connectivity index (χ1n) is 6.15. The summed E-state index contributed by atoms with van der Waals surface area (Å²) >= 11 is 0. The van der Waals surface area contributed by atoms with Crippen LogP contribution in [0.3, 0.4) is 0 Å². The van der Waals surface area contributed by atoms with Gasteiger partial charge < -0.3 is 20.1 Å². The zero-order valence-corrected chi connectivity index (χ0v) is 10.4. The number of carbonyl (C=O) groups excluding carboxylic acids is 1. The Bertz CT molecular complexity index is 409. The molecular weight excluding hydrogens is 232 g/mol. The second kappa shape index (κ2) is 6.26. The summed E-state index contributed by atoms with van der Waals surface area (Å²) in [5.74, 6) is 0.835. The Labute approximate surface area is 106 Å². The van der Waals surface area contributed by atoms with Crippen LogP contribution in [0.15, 0.2) is 24.3 Å². The molecule has 1 saturated heterocycles. The fourth-order valence-electron chi connectivity index (χ4n) is 1.76. The van der Waals surface area contributed by atoms with Gasteiger partial charge in [0.2, 0.25) is 0 Å². The van der Waals surface area contributed by atoms with Crippen LogP contribution in [-0.2, 0) is 11.3 Å². The van der Waals surface area contributed by atoms with Gasteiger partial charge in [0.05, 0.1) is 6.54 Å². The Hall–Kier alpha value is -1.75. The van der Waals surface area contributed by atoms with E-state index in [1.54, 1.807) is 0 Å². The molecule has 0 aliphatic carbocycles. The van der Waals surface area contributed by atoms with Crippen LogP contribution in [0.1, 0.15) is 12.5 Å². The average molecular weight is 250 g/mol. The topological polar surface area (TPSA) is 59.6 Å². The van der Waals surface area contributed by atoms with Crippen LogP contribution in [-0.4, -0.2) is 31.9 Å². The number of alkyl carbamates (subject to hydrolysis) is 1. The van der Waals surface area contributed by atoms with Gasteiger partial charge in [-0.05, 0) is 12.6 Å². The Morgan fingerprint density at radius 2 is 2.33 bits per heavy atom. The lowest BCUT2D eigenvalue weighted by molar-refractivity contribution is 0.104. The predicted octanol–water partition coefficient (Wildman–Crippen LogP) is 1.28. The van der Waals surface area contributed by atoms with E-state index in [-0.39, 0.29) is 12.2 Å². The lowest BCUT2D eigenvalue weighted by atomic mass is 10.2. The van der Waals surface area contributed by atoms with E-state index in [1.165, 1.54) is 0 Å². The molecule has 1 amide bonds. The van der Waals surface area contributed by atoms with E-state index in [0.29, 0.717) is 13.2 Å². The van der Waals surface area contributed by atoms with Crippen molar-refractivity contribution in [3.63, 3.8) is 0 Å². The number of para-hydroxylation sites is 1. The van der Waals surface area contributed by atoms with Gasteiger partial charge in [-0.15, -0.1) is 0 Å². The van der Waals surface area contributed by atoms with Crippen LogP contribution < -0.4 is 15.4 Å². The highest BCUT2D eigenvalue weighted by molar-refractivity contribution is 5.69. The Balaban J connectivity index is 1.89. The summed E-state index contributed by atoms with van der Waals surface area (Å²) in [6.07, 6.45) is -0.575. The van der Waals surface area contributed by atoms with Crippen molar-refractivity contribution in [2.45, 2.75) is 19.6 Å². The van der Waals surface area contributed by atoms with Gasteiger partial charge in [-0.3, -0.25) is 0 Å². The molecule has 1 aliphatic rings. The largest absolute Gasteiger partial charge is 0.489 e. The molecule has 1 heterocycles. The number of rotatable bonds is 6. The van der Waals surface area contributed by atoms with E-state index in [0.717, 1.165) is 24.4 Å². The molecular formula is C13H18N2O3. The lowest BCUT2D eigenvalue weighted by Gasteiger charge is -2.13. The third kappa shape index (κ3) is 3.37. The summed E-state index contributed by atoms with van der Waals surface area (Å²) in [4.78, 5) is 10.9. The lowest BCUT2D eigenvalue weighted by Crippen LogP contribution is -2.22. The van der Waals surface area contributed by atoms with Gasteiger partial charge in [0.1, 0.15) is 12.4 Å². The number of nitrogens with one attached hydrogen (secondary N) is 2. The number of hydrogen-bond donors (Lipinski definition) is 2. The minimum Gasteiger partial charge on any atom is -0.489 e. The minimum absolute atomic E-state index is 0.204. The Morgan fingerprint density at radius 1 is 1.50 bits per heavy atom. The molecule has 2 N–H and O–H groups in total. The van der Waals surface area contributed by atoms with Crippen molar-refractivity contribution in [1.29, 1.82) is 0 Å². The zero-order chi connectivity index (χ0) is 12.8. The van der Waals surface area contributed by atoms with Gasteiger partial charge in [0.15, 0.2) is 6.10 Å². The molecule has 0 aromatic heterocycles. The van der Waals surface area contributed by atoms with E-state index < -0.39 is 0 Å². The molecule has 0 radical (unpaired) electrons. The molecule has 1 atom stereocenters. The van der Waals surface area contributed by atoms with Crippen molar-refractivity contribution >= 4 is 6.09 Å². The van der Waals surface area contributed by atoms with E-state index in [1.807, 2.05) is 24.3 Å². The third-order valence-corrected chi connectivity index (χ3v) is 2.71. The number of amides is 1. The molecule has 1 fully saturated rings. The van der Waals surface area contributed by atoms with Gasteiger partial charge in [-0.1, -0.05) is 25.1 Å². The van der Waals surface area contributed by atoms with Crippen LogP contribution >= 0.6 is 0 Å². The molecule has 1 unspecified atom stereocenters. The maximum absolute atomic E-state index is 10.9. The highest BCUT2D eigenvalue weighted by Crippen LogP contribution is 2.18. The molecule has 5 nitrogen and oxygen atoms in total. The monoisotopic (exact) mass is 250 g/mol. The van der Waals surface area contributed by atoms with Gasteiger partial charge in [0, 0.05) is 12.1 Å². The highest BCUT2D eigenvalue weighted by atomic mass is 16.6. The van der Waals surface area contributed by atoms with E-state index in [2.05, 4.69) is 17.6 Å². The molecule has 1 aromatic carbocycles. The number of hydrogen-bond acceptors (Lipinski definition) is 4. The maximum atomic E-state index is 10.9. The summed E-state index contributed by atoms with van der Waals surface area (Å²) in [6, 6.07) is 7.87. The standard InChI is InChI=1S/C13H18N2O3/c1-2-14-7-10-5-3-4-6-12(10)17-9-11-8-15-13(16)18-11/h3-6,11,14H,2,7-9H2,1H3,(H,15,16). The summed E-state index contributed by atoms with van der Waals surface area (Å²) in [6.45, 7) is 4.64. The number of cyclic esters (lactones) is 1. The fraction of sp³-hybridized carbons (Fsp3) is 0.462. The van der Waals surface area contributed by atoms with Crippen molar-refractivity contribution in [3.8, 4) is 5.75 Å². The number of benzene rings is 1. The van der Waals surface area contributed by atoms with Crippen LogP contribution in [0.2, 0.25) is 0 Å². The molecule has 2 rings (SSSR count). The first-order chi connectivity index (χ1) is 8.79. The van der Waals surface area contributed by atoms with E-state index in [9.17, 15) is 4.79 Å². The number of ether oxygens (including phenoxy) is 2. The van der Waals surface area contributed by atoms with Gasteiger partial charge in [-0.25, -0.2) is 4.79 Å². The first-order valence-corrected chi connectivity index (χ1v) is 6.15. The molecule has 0 bridgehead atoms. The van der Waals surface area contributed by atoms with Crippen molar-refractivity contribution in [1.82, 2.24) is 10.6 Å². The molecule has 1 aliphatic heterocycles. The normalized spacial score (nSPS) is 18.3. The van der Waals surface area contributed by atoms with Crippen LogP contribution in [0.4, 0.5) is 4.79 Å². The first kappa shape index (κ1) is 12.7. The molecule has 98 valence electrons. The SMILES string of the molecule is CCNCc1ccccc1OCC1CNC(=O)O1. The summed E-state index contributed by atoms with van der Waals surface area (Å²) in [5, 5.41) is 5.86. The molecule has 18 heavy (non-hydrogen) atoms. The minimum atomic E-state index is -0.371. The predicted molar refractivity (Wildman–Crippen MR) is 67.6 cm³/mol. The fourth-order valence-corrected chi connectivity index (χ4v) is 1.76. The van der Waals surface area contributed by atoms with Crippen molar-refractivity contribution < 1.29 is 14.3 Å². The van der Waals surface area contributed by atoms with Crippen LogP contribution in [0, 0.1) is 0 Å². The number of carbonyl (C=O) groups is 1. The highest BCUT2D eigenvalue weighted by Gasteiger charge is 2.23. The van der Waals surface area contributed by atoms with Crippen molar-refractivity contribution in [2.75, 3.05) is 19.7 Å². The van der Waals surface area contributed by atoms with E-state index in [4.69, 9.17) is 9.47 Å². The summed E-state index contributed by atoms with van der Waals surface area (Å²) < 4.78 is 10.7. The maximum Gasteiger partial charge on any atom is 0.407 e. The van der Waals surface area contributed by atoms with Crippen molar-refractivity contribution in [3.05, 3.63) is 29.8 Å². The second-order valence-electron chi connectivity index (χ2n) is 4.11. The van der Waals surface area contributed by atoms with Gasteiger partial charge in [0.25, 0.3) is 0 Å². The van der Waals surface area contributed by atoms with Crippen molar-refractivity contribution in [2.24, 2.45) is 0 Å². The average Bonchev–Trinajstić information content (AvgIpc) is 2.81. The van der Waals surface area contributed by atoms with E-state index >= 15 is 0 Å². The third-order valence-electron chi connectivity index (χ3n) is 2.71. The quantitative estimate of drug-likeness (QED) is 0.798. The summed E-state index contributed by atoms with van der Waals surface area (Å²) in [7, 11) is 0. The smallest absolute Gasteiger partial charge is 0.407 e. The zero-order valence-electron chi connectivity index (χ0n) is 10.4. The van der Waals surface area contributed by atoms with Gasteiger partial charge in [-0.2, -0.15) is 0 Å². The summed E-state index contributed by atoms with van der Waals surface area (Å²) in [5.41, 5.74) is 1.11. The molecule has 0 spiro atoms. The Kier molecular flexibility index (Phi) is 4.41. The Morgan fingerprint density at radius 3 is 3.06 bits per heavy atom. The van der Waals surface area contributed by atoms with Gasteiger partial charge >= 0.3 is 6.09 Å². The van der Waals surface area contributed by atoms with Crippen LogP contribution in [0.5, 0.6) is 5.75 Å².